The number of rotatable bonds is 3. The van der Waals surface area contributed by atoms with Gasteiger partial charge in [0.15, 0.2) is 0 Å². The van der Waals surface area contributed by atoms with Crippen LogP contribution in [0.4, 0.5) is 5.69 Å². The second kappa shape index (κ2) is 4.75. The Hall–Kier alpha value is -1.31. The van der Waals surface area contributed by atoms with Crippen LogP contribution in [0, 0.1) is 24.7 Å². The van der Waals surface area contributed by atoms with Crippen LogP contribution in [0.2, 0.25) is 0 Å². The molecule has 0 saturated heterocycles. The molecule has 2 heteroatoms. The predicted octanol–water partition coefficient (Wildman–Crippen LogP) is 3.76. The Bertz CT molecular complexity index is 437. The lowest BCUT2D eigenvalue weighted by molar-refractivity contribution is -0.117. The maximum Gasteiger partial charge on any atom is 0.224 e. The molecule has 0 aliphatic heterocycles. The van der Waals surface area contributed by atoms with E-state index < -0.39 is 0 Å². The van der Waals surface area contributed by atoms with E-state index in [9.17, 15) is 4.79 Å². The number of hydrogen-bond donors (Lipinski definition) is 1. The summed E-state index contributed by atoms with van der Waals surface area (Å²) >= 11 is 0. The summed E-state index contributed by atoms with van der Waals surface area (Å²) in [5.41, 5.74) is 2.15. The van der Waals surface area contributed by atoms with Gasteiger partial charge in [0.25, 0.3) is 0 Å². The van der Waals surface area contributed by atoms with Gasteiger partial charge in [-0.15, -0.1) is 0 Å². The SMILES string of the molecule is Cc1ccc(NC(=O)C[C@H]2C[C@@H]3CC[C@@H]2C3)cc1. The van der Waals surface area contributed by atoms with Crippen LogP contribution < -0.4 is 5.32 Å². The maximum atomic E-state index is 12.0. The Kier molecular flexibility index (Phi) is 3.11. The molecule has 1 amide bonds. The van der Waals surface area contributed by atoms with Crippen molar-refractivity contribution in [3.8, 4) is 0 Å². The van der Waals surface area contributed by atoms with Crippen LogP contribution >= 0.6 is 0 Å². The zero-order valence-electron chi connectivity index (χ0n) is 11.0. The van der Waals surface area contributed by atoms with Crippen molar-refractivity contribution in [2.75, 3.05) is 5.32 Å². The minimum atomic E-state index is 0.191. The molecule has 2 nitrogen and oxygen atoms in total. The molecule has 18 heavy (non-hydrogen) atoms. The zero-order chi connectivity index (χ0) is 12.5. The van der Waals surface area contributed by atoms with E-state index in [1.807, 2.05) is 24.3 Å². The molecule has 0 aromatic heterocycles. The van der Waals surface area contributed by atoms with Crippen molar-refractivity contribution >= 4 is 11.6 Å². The molecule has 1 aromatic carbocycles. The van der Waals surface area contributed by atoms with E-state index in [0.29, 0.717) is 5.92 Å². The quantitative estimate of drug-likeness (QED) is 0.860. The van der Waals surface area contributed by atoms with Gasteiger partial charge in [-0.25, -0.2) is 0 Å². The van der Waals surface area contributed by atoms with Crippen LogP contribution in [0.15, 0.2) is 24.3 Å². The minimum absolute atomic E-state index is 0.191. The van der Waals surface area contributed by atoms with Gasteiger partial charge in [-0.05, 0) is 56.1 Å². The van der Waals surface area contributed by atoms with Gasteiger partial charge in [-0.3, -0.25) is 4.79 Å². The third kappa shape index (κ3) is 2.43. The molecule has 2 aliphatic rings. The molecule has 0 heterocycles. The van der Waals surface area contributed by atoms with Gasteiger partial charge >= 0.3 is 0 Å². The van der Waals surface area contributed by atoms with Crippen LogP contribution in [-0.2, 0) is 4.79 Å². The van der Waals surface area contributed by atoms with E-state index in [-0.39, 0.29) is 5.91 Å². The number of aryl methyl sites for hydroxylation is 1. The third-order valence-electron chi connectivity index (χ3n) is 4.67. The summed E-state index contributed by atoms with van der Waals surface area (Å²) in [7, 11) is 0. The zero-order valence-corrected chi connectivity index (χ0v) is 11.0. The van der Waals surface area contributed by atoms with Crippen LogP contribution in [-0.4, -0.2) is 5.91 Å². The van der Waals surface area contributed by atoms with Crippen LogP contribution in [0.5, 0.6) is 0 Å². The molecule has 1 N–H and O–H groups in total. The number of benzene rings is 1. The van der Waals surface area contributed by atoms with E-state index in [0.717, 1.165) is 23.9 Å². The highest BCUT2D eigenvalue weighted by atomic mass is 16.1. The van der Waals surface area contributed by atoms with Gasteiger partial charge < -0.3 is 5.32 Å². The number of anilines is 1. The summed E-state index contributed by atoms with van der Waals surface area (Å²) in [6.45, 7) is 2.06. The Morgan fingerprint density at radius 3 is 2.61 bits per heavy atom. The fourth-order valence-corrected chi connectivity index (χ4v) is 3.71. The number of fused-ring (bicyclic) bond motifs is 2. The standard InChI is InChI=1S/C16H21NO/c1-11-2-6-15(7-3-11)17-16(18)10-14-9-12-4-5-13(14)8-12/h2-3,6-7,12-14H,4-5,8-10H2,1H3,(H,17,18)/t12-,13-,14-/m1/s1. The minimum Gasteiger partial charge on any atom is -0.326 e. The summed E-state index contributed by atoms with van der Waals surface area (Å²) in [6.07, 6.45) is 6.14. The molecule has 0 radical (unpaired) electrons. The van der Waals surface area contributed by atoms with Gasteiger partial charge in [0.1, 0.15) is 0 Å². The topological polar surface area (TPSA) is 29.1 Å². The lowest BCUT2D eigenvalue weighted by Gasteiger charge is -2.20. The largest absolute Gasteiger partial charge is 0.326 e. The average molecular weight is 243 g/mol. The average Bonchev–Trinajstić information content (AvgIpc) is 2.94. The molecular weight excluding hydrogens is 222 g/mol. The van der Waals surface area contributed by atoms with Crippen molar-refractivity contribution in [1.29, 1.82) is 0 Å². The van der Waals surface area contributed by atoms with Gasteiger partial charge in [-0.1, -0.05) is 24.1 Å². The van der Waals surface area contributed by atoms with E-state index >= 15 is 0 Å². The highest BCUT2D eigenvalue weighted by Crippen LogP contribution is 2.49. The van der Waals surface area contributed by atoms with E-state index in [1.54, 1.807) is 0 Å². The summed E-state index contributed by atoms with van der Waals surface area (Å²) < 4.78 is 0. The first-order chi connectivity index (χ1) is 8.70. The number of carbonyl (C=O) groups excluding carboxylic acids is 1. The number of nitrogens with one attached hydrogen (secondary N) is 1. The first-order valence-corrected chi connectivity index (χ1v) is 7.07. The van der Waals surface area contributed by atoms with Gasteiger partial charge in [-0.2, -0.15) is 0 Å². The smallest absolute Gasteiger partial charge is 0.224 e. The number of carbonyl (C=O) groups is 1. The molecule has 0 spiro atoms. The Morgan fingerprint density at radius 2 is 2.00 bits per heavy atom. The van der Waals surface area contributed by atoms with E-state index in [2.05, 4.69) is 12.2 Å². The van der Waals surface area contributed by atoms with Crippen LogP contribution in [0.3, 0.4) is 0 Å². The van der Waals surface area contributed by atoms with Crippen molar-refractivity contribution < 1.29 is 4.79 Å². The summed E-state index contributed by atoms with van der Waals surface area (Å²) in [4.78, 5) is 12.0. The molecular formula is C16H21NO. The number of hydrogen-bond acceptors (Lipinski definition) is 1. The maximum absolute atomic E-state index is 12.0. The van der Waals surface area contributed by atoms with Gasteiger partial charge in [0, 0.05) is 12.1 Å². The molecule has 3 rings (SSSR count). The first-order valence-electron chi connectivity index (χ1n) is 7.07. The van der Waals surface area contributed by atoms with Crippen molar-refractivity contribution in [1.82, 2.24) is 0 Å². The Labute approximate surface area is 109 Å². The third-order valence-corrected chi connectivity index (χ3v) is 4.67. The molecule has 0 unspecified atom stereocenters. The van der Waals surface area contributed by atoms with Crippen molar-refractivity contribution in [2.24, 2.45) is 17.8 Å². The second-order valence-corrected chi connectivity index (χ2v) is 6.05. The molecule has 1 aromatic rings. The Balaban J connectivity index is 1.54. The van der Waals surface area contributed by atoms with Crippen molar-refractivity contribution in [3.05, 3.63) is 29.8 Å². The Morgan fingerprint density at radius 1 is 1.22 bits per heavy atom. The molecule has 3 atom stereocenters. The number of amides is 1. The summed E-state index contributed by atoms with van der Waals surface area (Å²) in [6, 6.07) is 8.03. The van der Waals surface area contributed by atoms with Gasteiger partial charge in [0.2, 0.25) is 5.91 Å². The van der Waals surface area contributed by atoms with E-state index in [1.165, 1.54) is 31.2 Å². The molecule has 2 aliphatic carbocycles. The molecule has 2 fully saturated rings. The highest BCUT2D eigenvalue weighted by molar-refractivity contribution is 5.90. The summed E-state index contributed by atoms with van der Waals surface area (Å²) in [5, 5.41) is 3.02. The lowest BCUT2D eigenvalue weighted by atomic mass is 9.86. The molecule has 2 saturated carbocycles. The normalized spacial score (nSPS) is 29.5. The predicted molar refractivity (Wildman–Crippen MR) is 73.4 cm³/mol. The molecule has 96 valence electrons. The molecule has 2 bridgehead atoms. The first kappa shape index (κ1) is 11.8. The van der Waals surface area contributed by atoms with Crippen molar-refractivity contribution in [2.45, 2.75) is 39.0 Å². The van der Waals surface area contributed by atoms with Crippen LogP contribution in [0.1, 0.15) is 37.7 Å². The lowest BCUT2D eigenvalue weighted by Crippen LogP contribution is -2.20. The van der Waals surface area contributed by atoms with Gasteiger partial charge in [0.05, 0.1) is 0 Å². The highest BCUT2D eigenvalue weighted by Gasteiger charge is 2.40. The van der Waals surface area contributed by atoms with Crippen LogP contribution in [0.25, 0.3) is 0 Å². The fraction of sp³-hybridized carbons (Fsp3) is 0.562. The fourth-order valence-electron chi connectivity index (χ4n) is 3.71. The second-order valence-electron chi connectivity index (χ2n) is 6.05. The summed E-state index contributed by atoms with van der Waals surface area (Å²) in [5.74, 6) is 2.59. The monoisotopic (exact) mass is 243 g/mol. The van der Waals surface area contributed by atoms with E-state index in [4.69, 9.17) is 0 Å². The van der Waals surface area contributed by atoms with Crippen molar-refractivity contribution in [3.63, 3.8) is 0 Å².